The molecule has 0 bridgehead atoms. The number of amides is 1. The van der Waals surface area contributed by atoms with Crippen LogP contribution in [0.3, 0.4) is 0 Å². The predicted molar refractivity (Wildman–Crippen MR) is 81.4 cm³/mol. The third kappa shape index (κ3) is 3.40. The molecule has 1 aromatic heterocycles. The number of nitrogens with one attached hydrogen (secondary N) is 1. The lowest BCUT2D eigenvalue weighted by molar-refractivity contribution is 0.0899. The van der Waals surface area contributed by atoms with Crippen molar-refractivity contribution in [3.8, 4) is 0 Å². The van der Waals surface area contributed by atoms with Crippen molar-refractivity contribution in [1.82, 2.24) is 10.3 Å². The van der Waals surface area contributed by atoms with Crippen molar-refractivity contribution in [3.05, 3.63) is 4.88 Å². The molecule has 1 amide bonds. The van der Waals surface area contributed by atoms with Gasteiger partial charge in [-0.05, 0) is 19.3 Å². The number of anilines is 2. The molecule has 6 nitrogen and oxygen atoms in total. The minimum Gasteiger partial charge on any atom is -0.383 e. The van der Waals surface area contributed by atoms with Crippen LogP contribution in [0.15, 0.2) is 0 Å². The van der Waals surface area contributed by atoms with E-state index in [1.54, 1.807) is 7.11 Å². The largest absolute Gasteiger partial charge is 0.383 e. The van der Waals surface area contributed by atoms with Crippen LogP contribution in [0.2, 0.25) is 0 Å². The van der Waals surface area contributed by atoms with Crippen molar-refractivity contribution in [2.24, 2.45) is 0 Å². The van der Waals surface area contributed by atoms with Gasteiger partial charge >= 0.3 is 0 Å². The van der Waals surface area contributed by atoms with E-state index in [1.807, 2.05) is 6.92 Å². The number of aromatic nitrogens is 1. The Hall–Kier alpha value is -1.34. The smallest absolute Gasteiger partial charge is 0.265 e. The highest BCUT2D eigenvalue weighted by molar-refractivity contribution is 7.18. The zero-order valence-corrected chi connectivity index (χ0v) is 12.8. The van der Waals surface area contributed by atoms with Crippen LogP contribution in [-0.2, 0) is 4.74 Å². The molecule has 0 saturated carbocycles. The molecule has 1 unspecified atom stereocenters. The maximum atomic E-state index is 12.2. The monoisotopic (exact) mass is 298 g/mol. The van der Waals surface area contributed by atoms with Gasteiger partial charge in [0.2, 0.25) is 0 Å². The number of hydrogen-bond acceptors (Lipinski definition) is 6. The van der Waals surface area contributed by atoms with Crippen LogP contribution in [0.25, 0.3) is 0 Å². The number of nitrogen functional groups attached to an aromatic ring is 1. The highest BCUT2D eigenvalue weighted by Crippen LogP contribution is 2.30. The summed E-state index contributed by atoms with van der Waals surface area (Å²) in [5, 5.41) is 3.79. The van der Waals surface area contributed by atoms with Gasteiger partial charge < -0.3 is 20.7 Å². The van der Waals surface area contributed by atoms with Crippen LogP contribution in [0.5, 0.6) is 0 Å². The summed E-state index contributed by atoms with van der Waals surface area (Å²) >= 11 is 1.37. The molecular formula is C13H22N4O2S. The Bertz CT molecular complexity index is 457. The molecule has 0 radical (unpaired) electrons. The molecule has 1 atom stereocenters. The third-order valence-corrected chi connectivity index (χ3v) is 4.55. The molecular weight excluding hydrogens is 276 g/mol. The lowest BCUT2D eigenvalue weighted by Gasteiger charge is -2.15. The van der Waals surface area contributed by atoms with Crippen molar-refractivity contribution in [2.75, 3.05) is 37.4 Å². The fraction of sp³-hybridized carbons (Fsp3) is 0.692. The van der Waals surface area contributed by atoms with Crippen LogP contribution in [0, 0.1) is 0 Å². The number of thiazole rings is 1. The Balaban J connectivity index is 2.05. The van der Waals surface area contributed by atoms with Crippen LogP contribution in [-0.4, -0.2) is 43.7 Å². The first-order valence-electron chi connectivity index (χ1n) is 6.96. The summed E-state index contributed by atoms with van der Waals surface area (Å²) in [5.41, 5.74) is 5.88. The number of nitrogens with zero attached hydrogens (tertiary/aromatic N) is 2. The molecule has 2 rings (SSSR count). The Morgan fingerprint density at radius 3 is 2.85 bits per heavy atom. The fourth-order valence-electron chi connectivity index (χ4n) is 2.24. The number of nitrogens with two attached hydrogens (primary N) is 1. The highest BCUT2D eigenvalue weighted by Gasteiger charge is 2.22. The first-order chi connectivity index (χ1) is 9.65. The Labute approximate surface area is 123 Å². The molecule has 112 valence electrons. The Morgan fingerprint density at radius 2 is 2.25 bits per heavy atom. The number of hydrogen-bond donors (Lipinski definition) is 2. The van der Waals surface area contributed by atoms with Crippen LogP contribution in [0.4, 0.5) is 10.9 Å². The maximum absolute atomic E-state index is 12.2. The molecule has 1 aromatic rings. The topological polar surface area (TPSA) is 80.5 Å². The molecule has 2 heterocycles. The van der Waals surface area contributed by atoms with Crippen molar-refractivity contribution in [3.63, 3.8) is 0 Å². The molecule has 0 spiro atoms. The molecule has 20 heavy (non-hydrogen) atoms. The van der Waals surface area contributed by atoms with Crippen molar-refractivity contribution < 1.29 is 9.53 Å². The van der Waals surface area contributed by atoms with Gasteiger partial charge in [0, 0.05) is 20.2 Å². The van der Waals surface area contributed by atoms with Crippen LogP contribution >= 0.6 is 11.3 Å². The van der Waals surface area contributed by atoms with Gasteiger partial charge in [0.25, 0.3) is 5.91 Å². The van der Waals surface area contributed by atoms with Gasteiger partial charge in [-0.25, -0.2) is 4.98 Å². The van der Waals surface area contributed by atoms with Crippen molar-refractivity contribution >= 4 is 28.2 Å². The molecule has 1 aliphatic rings. The van der Waals surface area contributed by atoms with Gasteiger partial charge in [0.15, 0.2) is 5.13 Å². The summed E-state index contributed by atoms with van der Waals surface area (Å²) in [5.74, 6) is 0.163. The predicted octanol–water partition coefficient (Wildman–Crippen LogP) is 1.48. The van der Waals surface area contributed by atoms with Crippen LogP contribution in [0.1, 0.15) is 35.9 Å². The first kappa shape index (κ1) is 15.1. The Kier molecular flexibility index (Phi) is 5.19. The number of methoxy groups -OCH3 is 1. The number of ether oxygens (including phenoxy) is 1. The SMILES string of the molecule is CCC(COC)NC(=O)c1sc(N2CCCC2)nc1N. The summed E-state index contributed by atoms with van der Waals surface area (Å²) in [6.07, 6.45) is 3.16. The molecule has 7 heteroatoms. The zero-order valence-electron chi connectivity index (χ0n) is 12.0. The third-order valence-electron chi connectivity index (χ3n) is 3.42. The summed E-state index contributed by atoms with van der Waals surface area (Å²) in [6, 6.07) is 0.00392. The summed E-state index contributed by atoms with van der Waals surface area (Å²) < 4.78 is 5.08. The van der Waals surface area contributed by atoms with Gasteiger partial charge in [0.05, 0.1) is 12.6 Å². The average Bonchev–Trinajstić information content (AvgIpc) is 3.06. The van der Waals surface area contributed by atoms with Gasteiger partial charge in [-0.2, -0.15) is 0 Å². The van der Waals surface area contributed by atoms with E-state index >= 15 is 0 Å². The summed E-state index contributed by atoms with van der Waals surface area (Å²) in [7, 11) is 1.63. The number of carbonyl (C=O) groups excluding carboxylic acids is 1. The maximum Gasteiger partial charge on any atom is 0.265 e. The Morgan fingerprint density at radius 1 is 1.55 bits per heavy atom. The standard InChI is InChI=1S/C13H22N4O2S/c1-3-9(8-19-2)15-12(18)10-11(14)16-13(20-10)17-6-4-5-7-17/h9H,3-8,14H2,1-2H3,(H,15,18). The van der Waals surface area contributed by atoms with E-state index in [-0.39, 0.29) is 11.9 Å². The van der Waals surface area contributed by atoms with Gasteiger partial charge in [0.1, 0.15) is 10.7 Å². The lowest BCUT2D eigenvalue weighted by atomic mass is 10.2. The second kappa shape index (κ2) is 6.90. The summed E-state index contributed by atoms with van der Waals surface area (Å²) in [6.45, 7) is 4.50. The minimum atomic E-state index is -0.158. The fourth-order valence-corrected chi connectivity index (χ4v) is 3.18. The van der Waals surface area contributed by atoms with Gasteiger partial charge in [-0.1, -0.05) is 18.3 Å². The molecule has 3 N–H and O–H groups in total. The van der Waals surface area contributed by atoms with E-state index in [2.05, 4.69) is 15.2 Å². The molecule has 0 aliphatic carbocycles. The quantitative estimate of drug-likeness (QED) is 0.831. The van der Waals surface area contributed by atoms with E-state index in [4.69, 9.17) is 10.5 Å². The first-order valence-corrected chi connectivity index (χ1v) is 7.78. The molecule has 1 saturated heterocycles. The molecule has 1 aliphatic heterocycles. The highest BCUT2D eigenvalue weighted by atomic mass is 32.1. The van der Waals surface area contributed by atoms with E-state index < -0.39 is 0 Å². The van der Waals surface area contributed by atoms with Crippen molar-refractivity contribution in [1.29, 1.82) is 0 Å². The molecule has 1 fully saturated rings. The second-order valence-electron chi connectivity index (χ2n) is 4.94. The summed E-state index contributed by atoms with van der Waals surface area (Å²) in [4.78, 5) is 19.3. The average molecular weight is 298 g/mol. The van der Waals surface area contributed by atoms with E-state index in [1.165, 1.54) is 24.2 Å². The van der Waals surface area contributed by atoms with E-state index in [9.17, 15) is 4.79 Å². The lowest BCUT2D eigenvalue weighted by Crippen LogP contribution is -2.37. The van der Waals surface area contributed by atoms with E-state index in [0.717, 1.165) is 24.6 Å². The van der Waals surface area contributed by atoms with E-state index in [0.29, 0.717) is 17.3 Å². The second-order valence-corrected chi connectivity index (χ2v) is 5.92. The number of carbonyl (C=O) groups is 1. The minimum absolute atomic E-state index is 0.00392. The van der Waals surface area contributed by atoms with Gasteiger partial charge in [-0.3, -0.25) is 4.79 Å². The molecule has 0 aromatic carbocycles. The normalized spacial score (nSPS) is 16.4. The number of rotatable bonds is 6. The zero-order chi connectivity index (χ0) is 14.5. The van der Waals surface area contributed by atoms with Gasteiger partial charge in [-0.15, -0.1) is 0 Å². The van der Waals surface area contributed by atoms with Crippen molar-refractivity contribution in [2.45, 2.75) is 32.2 Å². The van der Waals surface area contributed by atoms with Crippen LogP contribution < -0.4 is 16.0 Å².